The molecule has 0 heterocycles. The molecule has 104 valence electrons. The minimum absolute atomic E-state index is 0.114. The van der Waals surface area contributed by atoms with Crippen molar-refractivity contribution < 1.29 is 4.39 Å². The highest BCUT2D eigenvalue weighted by Crippen LogP contribution is 2.26. The quantitative estimate of drug-likeness (QED) is 0.507. The van der Waals surface area contributed by atoms with Gasteiger partial charge in [-0.15, -0.1) is 11.8 Å². The molecule has 2 aromatic carbocycles. The number of hydrogen-bond donors (Lipinski definition) is 2. The molecule has 0 aliphatic carbocycles. The maximum atomic E-state index is 13.9. The first-order chi connectivity index (χ1) is 9.47. The second-order valence-corrected chi connectivity index (χ2v) is 5.80. The first-order valence-corrected chi connectivity index (χ1v) is 7.29. The van der Waals surface area contributed by atoms with Gasteiger partial charge in [0.05, 0.1) is 0 Å². The predicted octanol–water partition coefficient (Wildman–Crippen LogP) is 4.02. The molecule has 0 unspecified atom stereocenters. The first-order valence-electron chi connectivity index (χ1n) is 6.30. The smallest absolute Gasteiger partial charge is 0.127 e. The minimum atomic E-state index is -0.311. The third-order valence-corrected chi connectivity index (χ3v) is 4.28. The van der Waals surface area contributed by atoms with E-state index < -0.39 is 0 Å². The van der Waals surface area contributed by atoms with Crippen molar-refractivity contribution in [1.82, 2.24) is 0 Å². The summed E-state index contributed by atoms with van der Waals surface area (Å²) in [5.74, 6) is 0.137. The Morgan fingerprint density at radius 2 is 1.90 bits per heavy atom. The Morgan fingerprint density at radius 1 is 1.15 bits per heavy atom. The van der Waals surface area contributed by atoms with Gasteiger partial charge in [0, 0.05) is 16.2 Å². The van der Waals surface area contributed by atoms with E-state index >= 15 is 0 Å². The number of nitrogens with two attached hydrogens (primary N) is 1. The van der Waals surface area contributed by atoms with Gasteiger partial charge >= 0.3 is 0 Å². The summed E-state index contributed by atoms with van der Waals surface area (Å²) in [4.78, 5) is 1.13. The van der Waals surface area contributed by atoms with Gasteiger partial charge < -0.3 is 5.73 Å². The van der Waals surface area contributed by atoms with Crippen LogP contribution < -0.4 is 5.73 Å². The van der Waals surface area contributed by atoms with Crippen molar-refractivity contribution in [2.75, 3.05) is 0 Å². The molecule has 0 aromatic heterocycles. The molecule has 2 aromatic rings. The number of hydrogen-bond acceptors (Lipinski definition) is 2. The van der Waals surface area contributed by atoms with Crippen LogP contribution in [-0.2, 0) is 5.75 Å². The van der Waals surface area contributed by atoms with E-state index in [1.165, 1.54) is 17.2 Å². The highest BCUT2D eigenvalue weighted by molar-refractivity contribution is 7.98. The second-order valence-electron chi connectivity index (χ2n) is 4.75. The van der Waals surface area contributed by atoms with Crippen molar-refractivity contribution in [3.8, 4) is 0 Å². The normalized spacial score (nSPS) is 10.6. The van der Waals surface area contributed by atoms with E-state index in [2.05, 4.69) is 32.0 Å². The lowest BCUT2D eigenvalue weighted by Gasteiger charge is -2.07. The van der Waals surface area contributed by atoms with Crippen molar-refractivity contribution in [2.45, 2.75) is 24.5 Å². The molecule has 0 fully saturated rings. The van der Waals surface area contributed by atoms with E-state index in [-0.39, 0.29) is 11.7 Å². The highest BCUT2D eigenvalue weighted by Gasteiger charge is 2.06. The van der Waals surface area contributed by atoms with E-state index in [1.807, 2.05) is 0 Å². The largest absolute Gasteiger partial charge is 0.384 e. The molecule has 0 saturated heterocycles. The van der Waals surface area contributed by atoms with E-state index in [0.29, 0.717) is 16.9 Å². The Balaban J connectivity index is 2.10. The van der Waals surface area contributed by atoms with Crippen LogP contribution in [0, 0.1) is 25.1 Å². The zero-order valence-electron chi connectivity index (χ0n) is 11.5. The van der Waals surface area contributed by atoms with Gasteiger partial charge in [0.1, 0.15) is 11.7 Å². The van der Waals surface area contributed by atoms with Crippen molar-refractivity contribution >= 4 is 17.6 Å². The van der Waals surface area contributed by atoms with Crippen LogP contribution in [0.5, 0.6) is 0 Å². The molecule has 0 amide bonds. The lowest BCUT2D eigenvalue weighted by molar-refractivity contribution is 0.617. The number of aryl methyl sites for hydroxylation is 2. The maximum Gasteiger partial charge on any atom is 0.127 e. The molecule has 2 rings (SSSR count). The number of nitrogens with one attached hydrogen (secondary N) is 1. The number of benzene rings is 2. The Morgan fingerprint density at radius 3 is 2.50 bits per heavy atom. The fourth-order valence-corrected chi connectivity index (χ4v) is 2.78. The van der Waals surface area contributed by atoms with Crippen LogP contribution in [0.2, 0.25) is 0 Å². The third kappa shape index (κ3) is 3.39. The molecular formula is C16H17FN2S. The Kier molecular flexibility index (Phi) is 4.45. The van der Waals surface area contributed by atoms with Gasteiger partial charge in [-0.3, -0.25) is 5.41 Å². The topological polar surface area (TPSA) is 49.9 Å². The maximum absolute atomic E-state index is 13.9. The summed E-state index contributed by atoms with van der Waals surface area (Å²) in [6.07, 6.45) is 0. The van der Waals surface area contributed by atoms with Gasteiger partial charge in [0.2, 0.25) is 0 Å². The minimum Gasteiger partial charge on any atom is -0.384 e. The molecule has 2 nitrogen and oxygen atoms in total. The molecule has 0 aliphatic rings. The van der Waals surface area contributed by atoms with Crippen LogP contribution in [0.25, 0.3) is 0 Å². The van der Waals surface area contributed by atoms with Gasteiger partial charge in [-0.1, -0.05) is 18.2 Å². The van der Waals surface area contributed by atoms with Crippen LogP contribution in [0.1, 0.15) is 22.3 Å². The lowest BCUT2D eigenvalue weighted by atomic mass is 10.1. The zero-order chi connectivity index (χ0) is 14.7. The summed E-state index contributed by atoms with van der Waals surface area (Å²) in [7, 11) is 0. The van der Waals surface area contributed by atoms with Gasteiger partial charge in [-0.05, 0) is 48.7 Å². The molecule has 0 atom stereocenters. The summed E-state index contributed by atoms with van der Waals surface area (Å²) in [6.45, 7) is 4.14. The predicted molar refractivity (Wildman–Crippen MR) is 82.9 cm³/mol. The van der Waals surface area contributed by atoms with E-state index in [9.17, 15) is 4.39 Å². The number of halogens is 1. The molecule has 3 N–H and O–H groups in total. The van der Waals surface area contributed by atoms with Crippen LogP contribution in [0.3, 0.4) is 0 Å². The number of amidine groups is 1. The lowest BCUT2D eigenvalue weighted by Crippen LogP contribution is -2.11. The molecule has 0 aliphatic heterocycles. The van der Waals surface area contributed by atoms with Crippen LogP contribution in [0.4, 0.5) is 4.39 Å². The second kappa shape index (κ2) is 6.09. The Hall–Kier alpha value is -1.81. The van der Waals surface area contributed by atoms with E-state index in [1.54, 1.807) is 23.9 Å². The van der Waals surface area contributed by atoms with Gasteiger partial charge in [-0.25, -0.2) is 4.39 Å². The third-order valence-electron chi connectivity index (χ3n) is 3.24. The SMILES string of the molecule is Cc1ccc(SCc2ccc(C(=N)N)cc2F)cc1C. The molecule has 0 saturated carbocycles. The average molecular weight is 288 g/mol. The Bertz CT molecular complexity index is 653. The van der Waals surface area contributed by atoms with Crippen molar-refractivity contribution in [2.24, 2.45) is 5.73 Å². The van der Waals surface area contributed by atoms with Crippen molar-refractivity contribution in [3.05, 3.63) is 64.5 Å². The summed E-state index contributed by atoms with van der Waals surface area (Å²) in [5.41, 5.74) is 8.88. The molecule has 0 spiro atoms. The fourth-order valence-electron chi connectivity index (χ4n) is 1.80. The Labute approximate surface area is 122 Å². The average Bonchev–Trinajstić information content (AvgIpc) is 2.41. The van der Waals surface area contributed by atoms with Crippen LogP contribution in [-0.4, -0.2) is 5.84 Å². The van der Waals surface area contributed by atoms with Crippen molar-refractivity contribution in [3.63, 3.8) is 0 Å². The molecule has 0 radical (unpaired) electrons. The standard InChI is InChI=1S/C16H17FN2S/c1-10-3-6-14(7-11(10)2)20-9-13-5-4-12(16(18)19)8-15(13)17/h3-8H,9H2,1-2H3,(H3,18,19). The van der Waals surface area contributed by atoms with Gasteiger partial charge in [0.15, 0.2) is 0 Å². The van der Waals surface area contributed by atoms with E-state index in [0.717, 1.165) is 4.90 Å². The molecule has 0 bridgehead atoms. The summed E-state index contributed by atoms with van der Waals surface area (Å²) < 4.78 is 13.9. The summed E-state index contributed by atoms with van der Waals surface area (Å²) >= 11 is 1.60. The van der Waals surface area contributed by atoms with Gasteiger partial charge in [-0.2, -0.15) is 0 Å². The zero-order valence-corrected chi connectivity index (χ0v) is 12.4. The molecule has 20 heavy (non-hydrogen) atoms. The van der Waals surface area contributed by atoms with Crippen molar-refractivity contribution in [1.29, 1.82) is 5.41 Å². The summed E-state index contributed by atoms with van der Waals surface area (Å²) in [6, 6.07) is 10.9. The number of thioether (sulfide) groups is 1. The number of rotatable bonds is 4. The van der Waals surface area contributed by atoms with Crippen LogP contribution in [0.15, 0.2) is 41.3 Å². The van der Waals surface area contributed by atoms with E-state index in [4.69, 9.17) is 11.1 Å². The van der Waals surface area contributed by atoms with Crippen LogP contribution >= 0.6 is 11.8 Å². The molecule has 4 heteroatoms. The highest BCUT2D eigenvalue weighted by atomic mass is 32.2. The summed E-state index contributed by atoms with van der Waals surface area (Å²) in [5, 5.41) is 7.29. The molecular weight excluding hydrogens is 271 g/mol. The first kappa shape index (κ1) is 14.6. The monoisotopic (exact) mass is 288 g/mol. The van der Waals surface area contributed by atoms with Gasteiger partial charge in [0.25, 0.3) is 0 Å². The fraction of sp³-hybridized carbons (Fsp3) is 0.188. The number of nitrogen functional groups attached to an aromatic ring is 1.